The van der Waals surface area contributed by atoms with Gasteiger partial charge in [-0.15, -0.1) is 5.11 Å². The zero-order valence-electron chi connectivity index (χ0n) is 33.8. The number of aryl methyl sites for hydroxylation is 1. The number of carbonyl (C=O) groups excluding carboxylic acids is 2. The Morgan fingerprint density at radius 3 is 1.88 bits per heavy atom. The van der Waals surface area contributed by atoms with Crippen molar-refractivity contribution in [2.45, 2.75) is 21.6 Å². The van der Waals surface area contributed by atoms with Crippen LogP contribution in [-0.4, -0.2) is 72.0 Å². The summed E-state index contributed by atoms with van der Waals surface area (Å²) < 4.78 is 141. The number of nitrogens with zero attached hydrogens (tertiary/aromatic N) is 3. The van der Waals surface area contributed by atoms with Gasteiger partial charge in [-0.05, 0) is 96.2 Å². The predicted molar refractivity (Wildman–Crippen MR) is 240 cm³/mol. The maximum atomic E-state index is 13.4. The minimum atomic E-state index is -5.06. The van der Waals surface area contributed by atoms with Gasteiger partial charge in [0.25, 0.3) is 30.4 Å². The SMILES string of the molecule is COc1cc(N=Nc2cc(S(=O)(=O)O)cc3cc(S(=O)(=O)O)cc(OS(=O)(=O)c4ccccc4)c23)c(C)cc1NC(=O)Nc1ccc2c(c1)C=C(S(=O)(=O)O)/C(=N\Nc1ccccc1)C2=O. The van der Waals surface area contributed by atoms with Gasteiger partial charge in [0.2, 0.25) is 5.78 Å². The van der Waals surface area contributed by atoms with Gasteiger partial charge in [0.15, 0.2) is 11.5 Å². The molecule has 1 aliphatic rings. The van der Waals surface area contributed by atoms with Crippen molar-refractivity contribution in [3.8, 4) is 11.5 Å². The first-order valence-electron chi connectivity index (χ1n) is 18.5. The fraction of sp³-hybridized carbons (Fsp3) is 0.0488. The quantitative estimate of drug-likeness (QED) is 0.0285. The van der Waals surface area contributed by atoms with Gasteiger partial charge >= 0.3 is 16.1 Å². The first-order chi connectivity index (χ1) is 31.0. The lowest BCUT2D eigenvalue weighted by molar-refractivity contribution is 0.106. The molecular formula is C41H32N6O15S4. The van der Waals surface area contributed by atoms with Crippen LogP contribution in [0.5, 0.6) is 11.5 Å². The van der Waals surface area contributed by atoms with Crippen LogP contribution in [0.1, 0.15) is 21.5 Å². The Balaban J connectivity index is 1.19. The summed E-state index contributed by atoms with van der Waals surface area (Å²) in [6, 6.07) is 24.0. The van der Waals surface area contributed by atoms with Crippen LogP contribution < -0.4 is 25.0 Å². The molecule has 6 N–H and O–H groups in total. The molecule has 0 fully saturated rings. The number of carbonyl (C=O) groups is 2. The number of allylic oxidation sites excluding steroid dienone is 1. The van der Waals surface area contributed by atoms with E-state index in [0.717, 1.165) is 24.3 Å². The van der Waals surface area contributed by atoms with Crippen molar-refractivity contribution in [3.05, 3.63) is 137 Å². The molecule has 0 heterocycles. The average Bonchev–Trinajstić information content (AvgIpc) is 3.25. The number of amides is 2. The number of methoxy groups -OCH3 is 1. The molecule has 0 radical (unpaired) electrons. The molecule has 21 nitrogen and oxygen atoms in total. The van der Waals surface area contributed by atoms with Crippen LogP contribution in [0.3, 0.4) is 0 Å². The molecule has 7 rings (SSSR count). The van der Waals surface area contributed by atoms with Gasteiger partial charge in [-0.25, -0.2) is 4.79 Å². The molecule has 6 aromatic carbocycles. The van der Waals surface area contributed by atoms with E-state index in [0.29, 0.717) is 17.3 Å². The summed E-state index contributed by atoms with van der Waals surface area (Å²) in [5, 5.41) is 16.7. The molecule has 0 aliphatic heterocycles. The molecule has 0 unspecified atom stereocenters. The molecule has 0 spiro atoms. The van der Waals surface area contributed by atoms with Gasteiger partial charge in [-0.3, -0.25) is 23.9 Å². The van der Waals surface area contributed by atoms with E-state index in [1.807, 2.05) is 0 Å². The van der Waals surface area contributed by atoms with Crippen molar-refractivity contribution < 1.29 is 65.8 Å². The van der Waals surface area contributed by atoms with Gasteiger partial charge in [0, 0.05) is 23.4 Å². The lowest BCUT2D eigenvalue weighted by Crippen LogP contribution is -2.27. The van der Waals surface area contributed by atoms with Gasteiger partial charge in [-0.1, -0.05) is 36.4 Å². The molecule has 0 atom stereocenters. The second kappa shape index (κ2) is 17.9. The van der Waals surface area contributed by atoms with Crippen molar-refractivity contribution in [2.24, 2.45) is 15.3 Å². The lowest BCUT2D eigenvalue weighted by Gasteiger charge is -2.18. The number of ketones is 1. The van der Waals surface area contributed by atoms with Crippen molar-refractivity contribution >= 4 is 103 Å². The number of hydrogen-bond donors (Lipinski definition) is 6. The summed E-state index contributed by atoms with van der Waals surface area (Å²) in [6.45, 7) is 1.54. The number of hydrogen-bond acceptors (Lipinski definition) is 16. The minimum Gasteiger partial charge on any atom is -0.494 e. The van der Waals surface area contributed by atoms with Crippen LogP contribution in [0.15, 0.2) is 150 Å². The molecular weight excluding hydrogens is 945 g/mol. The van der Waals surface area contributed by atoms with E-state index in [-0.39, 0.29) is 49.6 Å². The van der Waals surface area contributed by atoms with E-state index in [9.17, 15) is 56.9 Å². The number of benzene rings is 6. The predicted octanol–water partition coefficient (Wildman–Crippen LogP) is 7.37. The number of Topliss-reactive ketones (excluding diaryl/α,β-unsaturated/α-hetero) is 1. The van der Waals surface area contributed by atoms with Crippen LogP contribution >= 0.6 is 0 Å². The van der Waals surface area contributed by atoms with Crippen molar-refractivity contribution in [3.63, 3.8) is 0 Å². The van der Waals surface area contributed by atoms with Crippen LogP contribution in [0.2, 0.25) is 0 Å². The highest BCUT2D eigenvalue weighted by Gasteiger charge is 2.33. The highest BCUT2D eigenvalue weighted by molar-refractivity contribution is 7.91. The molecule has 1 aliphatic carbocycles. The third kappa shape index (κ3) is 10.3. The molecule has 6 aromatic rings. The van der Waals surface area contributed by atoms with Crippen LogP contribution in [0.4, 0.5) is 33.2 Å². The zero-order valence-corrected chi connectivity index (χ0v) is 37.0. The Morgan fingerprint density at radius 2 is 1.26 bits per heavy atom. The first kappa shape index (κ1) is 46.6. The van der Waals surface area contributed by atoms with Gasteiger partial charge in [0.1, 0.15) is 15.6 Å². The zero-order chi connectivity index (χ0) is 47.8. The summed E-state index contributed by atoms with van der Waals surface area (Å²) >= 11 is 0. The Morgan fingerprint density at radius 1 is 0.636 bits per heavy atom. The number of rotatable bonds is 13. The molecule has 0 aromatic heterocycles. The molecule has 340 valence electrons. The minimum absolute atomic E-state index is 0.00436. The van der Waals surface area contributed by atoms with Gasteiger partial charge < -0.3 is 19.6 Å². The highest BCUT2D eigenvalue weighted by Crippen LogP contribution is 2.42. The highest BCUT2D eigenvalue weighted by atomic mass is 32.2. The van der Waals surface area contributed by atoms with E-state index in [1.165, 1.54) is 74.7 Å². The van der Waals surface area contributed by atoms with Gasteiger partial charge in [0.05, 0.1) is 45.0 Å². The summed E-state index contributed by atoms with van der Waals surface area (Å²) in [7, 11) is -18.5. The Labute approximate surface area is 375 Å². The van der Waals surface area contributed by atoms with E-state index < -0.39 is 84.1 Å². The summed E-state index contributed by atoms with van der Waals surface area (Å²) in [4.78, 5) is 23.8. The number of anilines is 3. The van der Waals surface area contributed by atoms with E-state index in [2.05, 4.69) is 31.4 Å². The standard InChI is InChI=1S/C41H32N6O15S4/c1-23-15-33(43-41(49)42-27-13-14-31-24(16-27)19-37(65(56,57)58)39(40(31)48)47-44-26-9-5-3-6-10-26)35(61-2)22-32(23)45-46-34-20-29(63(50,51)52)17-25-18-30(64(53,54)55)21-36(38(25)34)62-66(59,60)28-11-7-4-8-12-28/h3-22,44H,1-2H3,(H2,42,43,49)(H,50,51,52)(H,53,54,55)(H,56,57,58)/b46-45?,47-39+. The number of ether oxygens (including phenoxy) is 1. The summed E-state index contributed by atoms with van der Waals surface area (Å²) in [5.74, 6) is -1.54. The number of fused-ring (bicyclic) bond motifs is 2. The molecule has 66 heavy (non-hydrogen) atoms. The fourth-order valence-electron chi connectivity index (χ4n) is 6.39. The average molecular weight is 977 g/mol. The normalized spacial score (nSPS) is 13.9. The Kier molecular flexibility index (Phi) is 12.6. The number of para-hydroxylation sites is 1. The molecule has 0 saturated heterocycles. The van der Waals surface area contributed by atoms with Gasteiger partial charge in [-0.2, -0.15) is 43.9 Å². The third-order valence-electron chi connectivity index (χ3n) is 9.44. The molecule has 2 amide bonds. The Bertz CT molecular complexity index is 3540. The maximum Gasteiger partial charge on any atom is 0.339 e. The summed E-state index contributed by atoms with van der Waals surface area (Å²) in [6.07, 6.45) is 1.03. The van der Waals surface area contributed by atoms with Crippen LogP contribution in [0, 0.1) is 6.92 Å². The first-order valence-corrected chi connectivity index (χ1v) is 24.3. The fourth-order valence-corrected chi connectivity index (χ4v) is 9.07. The third-order valence-corrected chi connectivity index (χ3v) is 13.2. The van der Waals surface area contributed by atoms with Crippen molar-refractivity contribution in [1.82, 2.24) is 0 Å². The maximum absolute atomic E-state index is 13.4. The largest absolute Gasteiger partial charge is 0.494 e. The second-order valence-electron chi connectivity index (χ2n) is 13.9. The second-order valence-corrected chi connectivity index (χ2v) is 19.7. The number of urea groups is 1. The van der Waals surface area contributed by atoms with E-state index in [4.69, 9.17) is 8.92 Å². The lowest BCUT2D eigenvalue weighted by atomic mass is 9.94. The van der Waals surface area contributed by atoms with Crippen molar-refractivity contribution in [1.29, 1.82) is 0 Å². The Hall–Kier alpha value is -7.39. The molecule has 25 heteroatoms. The van der Waals surface area contributed by atoms with E-state index in [1.54, 1.807) is 30.3 Å². The summed E-state index contributed by atoms with van der Waals surface area (Å²) in [5.41, 5.74) is 2.61. The molecule has 0 saturated carbocycles. The van der Waals surface area contributed by atoms with Crippen molar-refractivity contribution in [2.75, 3.05) is 23.2 Å². The number of hydrazone groups is 1. The molecule has 0 bridgehead atoms. The number of azo groups is 1. The topological polar surface area (TPSA) is 323 Å². The van der Waals surface area contributed by atoms with Crippen LogP contribution in [0.25, 0.3) is 16.8 Å². The smallest absolute Gasteiger partial charge is 0.339 e. The monoisotopic (exact) mass is 976 g/mol. The van der Waals surface area contributed by atoms with Crippen LogP contribution in [-0.2, 0) is 40.5 Å². The van der Waals surface area contributed by atoms with E-state index >= 15 is 0 Å². The number of nitrogens with one attached hydrogen (secondary N) is 3.